The predicted molar refractivity (Wildman–Crippen MR) is 56.7 cm³/mol. The molecule has 0 unspecified atom stereocenters. The highest BCUT2D eigenvalue weighted by atomic mass is 32.2. The molecule has 0 fully saturated rings. The van der Waals surface area contributed by atoms with Crippen LogP contribution in [0.3, 0.4) is 0 Å². The topological polar surface area (TPSA) is 54.4 Å². The summed E-state index contributed by atoms with van der Waals surface area (Å²) in [4.78, 5) is 22.1. The highest BCUT2D eigenvalue weighted by Gasteiger charge is 2.14. The van der Waals surface area contributed by atoms with Gasteiger partial charge in [-0.25, -0.2) is 4.79 Å². The van der Waals surface area contributed by atoms with Gasteiger partial charge in [0, 0.05) is 16.3 Å². The highest BCUT2D eigenvalue weighted by Crippen LogP contribution is 2.34. The fourth-order valence-corrected chi connectivity index (χ4v) is 3.37. The first-order chi connectivity index (χ1) is 6.59. The summed E-state index contributed by atoms with van der Waals surface area (Å²) < 4.78 is 0.896. The molecule has 0 aliphatic heterocycles. The third-order valence-corrected chi connectivity index (χ3v) is 4.11. The number of ketones is 1. The second kappa shape index (κ2) is 3.18. The number of Topliss-reactive ketones (excluding diaryl/α,β-unsaturated/α-hetero) is 1. The molecule has 72 valence electrons. The Morgan fingerprint density at radius 3 is 2.71 bits per heavy atom. The minimum atomic E-state index is -0.937. The molecule has 0 bridgehead atoms. The Morgan fingerprint density at radius 2 is 2.14 bits per heavy atom. The van der Waals surface area contributed by atoms with E-state index in [1.165, 1.54) is 29.6 Å². The maximum absolute atomic E-state index is 11.2. The fraction of sp³-hybridized carbons (Fsp3) is 0.111. The molecule has 0 amide bonds. The number of rotatable bonds is 2. The number of carboxylic acid groups (broad SMARTS) is 1. The van der Waals surface area contributed by atoms with E-state index in [1.807, 2.05) is 0 Å². The van der Waals surface area contributed by atoms with Crippen LogP contribution in [-0.2, 0) is 0 Å². The molecule has 0 saturated heterocycles. The average molecular weight is 226 g/mol. The summed E-state index contributed by atoms with van der Waals surface area (Å²) in [5, 5.41) is 11.3. The van der Waals surface area contributed by atoms with Crippen molar-refractivity contribution in [2.24, 2.45) is 0 Å². The van der Waals surface area contributed by atoms with Crippen molar-refractivity contribution in [1.82, 2.24) is 0 Å². The van der Waals surface area contributed by atoms with Gasteiger partial charge in [-0.15, -0.1) is 22.7 Å². The molecule has 0 saturated carbocycles. The molecular formula is C9H6O3S2. The second-order valence-electron chi connectivity index (χ2n) is 2.82. The van der Waals surface area contributed by atoms with Gasteiger partial charge in [0.15, 0.2) is 5.78 Å². The molecule has 0 aliphatic rings. The number of hydrogen-bond acceptors (Lipinski definition) is 4. The van der Waals surface area contributed by atoms with Crippen LogP contribution in [0.15, 0.2) is 11.4 Å². The van der Waals surface area contributed by atoms with Gasteiger partial charge < -0.3 is 5.11 Å². The number of aromatic carboxylic acids is 1. The molecule has 3 nitrogen and oxygen atoms in total. The third kappa shape index (κ3) is 1.34. The van der Waals surface area contributed by atoms with Crippen molar-refractivity contribution in [2.45, 2.75) is 6.92 Å². The van der Waals surface area contributed by atoms with Gasteiger partial charge in [0.05, 0.1) is 4.01 Å². The zero-order valence-corrected chi connectivity index (χ0v) is 8.87. The molecule has 2 aromatic heterocycles. The van der Waals surface area contributed by atoms with E-state index in [-0.39, 0.29) is 10.7 Å². The number of carbonyl (C=O) groups excluding carboxylic acids is 1. The summed E-state index contributed by atoms with van der Waals surface area (Å²) in [6.07, 6.45) is 0. The molecule has 0 radical (unpaired) electrons. The van der Waals surface area contributed by atoms with Gasteiger partial charge in [-0.05, 0) is 13.0 Å². The fourth-order valence-electron chi connectivity index (χ4n) is 1.20. The molecule has 1 N–H and O–H groups in total. The summed E-state index contributed by atoms with van der Waals surface area (Å²) in [5.41, 5.74) is 0.619. The third-order valence-electron chi connectivity index (χ3n) is 1.86. The molecular weight excluding hydrogens is 220 g/mol. The second-order valence-corrected chi connectivity index (χ2v) is 5.01. The maximum Gasteiger partial charge on any atom is 0.345 e. The Morgan fingerprint density at radius 1 is 1.43 bits per heavy atom. The monoisotopic (exact) mass is 226 g/mol. The largest absolute Gasteiger partial charge is 0.477 e. The molecule has 0 aliphatic carbocycles. The van der Waals surface area contributed by atoms with E-state index < -0.39 is 5.97 Å². The molecule has 5 heteroatoms. The van der Waals surface area contributed by atoms with Crippen molar-refractivity contribution < 1.29 is 14.7 Å². The molecule has 2 heterocycles. The van der Waals surface area contributed by atoms with E-state index in [2.05, 4.69) is 0 Å². The van der Waals surface area contributed by atoms with Crippen LogP contribution in [0.4, 0.5) is 0 Å². The summed E-state index contributed by atoms with van der Waals surface area (Å²) in [6.45, 7) is 1.49. The quantitative estimate of drug-likeness (QED) is 0.801. The number of carboxylic acids is 1. The Balaban J connectivity index is 2.67. The molecule has 0 aromatic carbocycles. The molecule has 0 atom stereocenters. The first kappa shape index (κ1) is 9.36. The maximum atomic E-state index is 11.2. The van der Waals surface area contributed by atoms with Crippen molar-refractivity contribution in [3.8, 4) is 0 Å². The molecule has 2 aromatic rings. The Bertz CT molecular complexity index is 521. The van der Waals surface area contributed by atoms with Crippen molar-refractivity contribution in [3.63, 3.8) is 0 Å². The lowest BCUT2D eigenvalue weighted by Crippen LogP contribution is -1.91. The summed E-state index contributed by atoms with van der Waals surface area (Å²) in [6, 6.07) is 1.57. The van der Waals surface area contributed by atoms with Crippen LogP contribution < -0.4 is 0 Å². The first-order valence-electron chi connectivity index (χ1n) is 3.85. The summed E-state index contributed by atoms with van der Waals surface area (Å²) >= 11 is 2.63. The summed E-state index contributed by atoms with van der Waals surface area (Å²) in [5.74, 6) is -0.959. The van der Waals surface area contributed by atoms with Gasteiger partial charge in [0.2, 0.25) is 0 Å². The van der Waals surface area contributed by atoms with Crippen LogP contribution in [0.1, 0.15) is 27.0 Å². The smallest absolute Gasteiger partial charge is 0.345 e. The molecule has 0 spiro atoms. The minimum absolute atomic E-state index is 0.0222. The van der Waals surface area contributed by atoms with Gasteiger partial charge in [0.1, 0.15) is 4.88 Å². The molecule has 2 rings (SSSR count). The van der Waals surface area contributed by atoms with Crippen LogP contribution in [-0.4, -0.2) is 16.9 Å². The Hall–Kier alpha value is -1.20. The van der Waals surface area contributed by atoms with E-state index in [0.29, 0.717) is 5.56 Å². The Labute approximate surface area is 87.6 Å². The van der Waals surface area contributed by atoms with Gasteiger partial charge in [0.25, 0.3) is 0 Å². The van der Waals surface area contributed by atoms with Gasteiger partial charge in [-0.2, -0.15) is 0 Å². The van der Waals surface area contributed by atoms with Gasteiger partial charge in [-0.3, -0.25) is 4.79 Å². The van der Waals surface area contributed by atoms with E-state index >= 15 is 0 Å². The zero-order valence-electron chi connectivity index (χ0n) is 7.23. The minimum Gasteiger partial charge on any atom is -0.477 e. The lowest BCUT2D eigenvalue weighted by atomic mass is 10.2. The standard InChI is InChI=1S/C9H6O3S2/c1-4(10)6-3-13-9-5(6)2-7(14-9)8(11)12/h2-3H,1H3,(H,11,12). The number of fused-ring (bicyclic) bond motifs is 1. The van der Waals surface area contributed by atoms with Gasteiger partial charge >= 0.3 is 5.97 Å². The van der Waals surface area contributed by atoms with Gasteiger partial charge in [-0.1, -0.05) is 0 Å². The lowest BCUT2D eigenvalue weighted by Gasteiger charge is -1.86. The van der Waals surface area contributed by atoms with Crippen molar-refractivity contribution in [1.29, 1.82) is 0 Å². The van der Waals surface area contributed by atoms with E-state index in [0.717, 1.165) is 9.40 Å². The normalized spacial score (nSPS) is 10.6. The van der Waals surface area contributed by atoms with Crippen LogP contribution >= 0.6 is 22.7 Å². The summed E-state index contributed by atoms with van der Waals surface area (Å²) in [7, 11) is 0. The average Bonchev–Trinajstić information content (AvgIpc) is 2.58. The van der Waals surface area contributed by atoms with Crippen molar-refractivity contribution in [3.05, 3.63) is 21.9 Å². The lowest BCUT2D eigenvalue weighted by molar-refractivity contribution is 0.0702. The number of hydrogen-bond donors (Lipinski definition) is 1. The van der Waals surface area contributed by atoms with Crippen LogP contribution in [0.2, 0.25) is 0 Å². The number of carbonyl (C=O) groups is 2. The van der Waals surface area contributed by atoms with Crippen LogP contribution in [0.25, 0.3) is 9.40 Å². The van der Waals surface area contributed by atoms with Crippen molar-refractivity contribution in [2.75, 3.05) is 0 Å². The zero-order chi connectivity index (χ0) is 10.3. The SMILES string of the molecule is CC(=O)c1csc2sc(C(=O)O)cc12. The first-order valence-corrected chi connectivity index (χ1v) is 5.54. The van der Waals surface area contributed by atoms with E-state index in [1.54, 1.807) is 11.4 Å². The van der Waals surface area contributed by atoms with E-state index in [9.17, 15) is 9.59 Å². The molecule has 14 heavy (non-hydrogen) atoms. The van der Waals surface area contributed by atoms with Crippen molar-refractivity contribution >= 4 is 43.8 Å². The van der Waals surface area contributed by atoms with E-state index in [4.69, 9.17) is 5.11 Å². The highest BCUT2D eigenvalue weighted by molar-refractivity contribution is 7.38. The Kier molecular flexibility index (Phi) is 2.13. The van der Waals surface area contributed by atoms with Crippen LogP contribution in [0, 0.1) is 0 Å². The predicted octanol–water partition coefficient (Wildman–Crippen LogP) is 2.86. The number of thiophene rings is 2. The van der Waals surface area contributed by atoms with Crippen LogP contribution in [0.5, 0.6) is 0 Å².